The molecule has 2 nitrogen and oxygen atoms in total. The zero-order chi connectivity index (χ0) is 11.3. The van der Waals surface area contributed by atoms with Crippen molar-refractivity contribution in [3.8, 4) is 0 Å². The Morgan fingerprint density at radius 3 is 2.56 bits per heavy atom. The number of carbonyl (C=O) groups is 1. The van der Waals surface area contributed by atoms with E-state index in [4.69, 9.17) is 0 Å². The minimum atomic E-state index is -0.549. The van der Waals surface area contributed by atoms with Gasteiger partial charge in [0.2, 0.25) is 5.91 Å². The molecule has 1 aliphatic heterocycles. The summed E-state index contributed by atoms with van der Waals surface area (Å²) in [6.45, 7) is 0.499. The summed E-state index contributed by atoms with van der Waals surface area (Å²) in [7, 11) is 0. The highest BCUT2D eigenvalue weighted by Gasteiger charge is 2.58. The molecular weight excluding hydrogens is 212 g/mol. The van der Waals surface area contributed by atoms with Gasteiger partial charge in [-0.15, -0.1) is 0 Å². The standard InChI is InChI=1S/C12H11F2NO/c13-9-1-7(2-10(14)4-9)12-5-8(12)3-11(16)15-6-12/h1-2,4,8H,3,5-6H2,(H,15,16)/t8?,12-/m1/s1. The number of halogens is 2. The number of benzene rings is 1. The summed E-state index contributed by atoms with van der Waals surface area (Å²) in [5, 5.41) is 2.77. The van der Waals surface area contributed by atoms with Gasteiger partial charge in [-0.05, 0) is 30.0 Å². The summed E-state index contributed by atoms with van der Waals surface area (Å²) >= 11 is 0. The van der Waals surface area contributed by atoms with Crippen LogP contribution in [-0.2, 0) is 10.2 Å². The lowest BCUT2D eigenvalue weighted by molar-refractivity contribution is -0.122. The quantitative estimate of drug-likeness (QED) is 0.772. The van der Waals surface area contributed by atoms with Gasteiger partial charge in [0.1, 0.15) is 11.6 Å². The predicted molar refractivity (Wildman–Crippen MR) is 53.8 cm³/mol. The fourth-order valence-corrected chi connectivity index (χ4v) is 2.71. The molecule has 1 aromatic carbocycles. The molecular formula is C12H11F2NO. The highest BCUT2D eigenvalue weighted by atomic mass is 19.1. The van der Waals surface area contributed by atoms with Crippen molar-refractivity contribution in [2.75, 3.05) is 6.54 Å². The highest BCUT2D eigenvalue weighted by molar-refractivity contribution is 5.79. The number of fused-ring (bicyclic) bond motifs is 1. The Morgan fingerprint density at radius 1 is 1.25 bits per heavy atom. The van der Waals surface area contributed by atoms with Crippen LogP contribution in [0.2, 0.25) is 0 Å². The van der Waals surface area contributed by atoms with E-state index in [0.29, 0.717) is 18.5 Å². The van der Waals surface area contributed by atoms with Crippen molar-refractivity contribution in [2.45, 2.75) is 18.3 Å². The maximum Gasteiger partial charge on any atom is 0.220 e. The van der Waals surface area contributed by atoms with Gasteiger partial charge in [0.05, 0.1) is 0 Å². The second kappa shape index (κ2) is 3.03. The van der Waals surface area contributed by atoms with E-state index in [0.717, 1.165) is 12.5 Å². The third kappa shape index (κ3) is 1.32. The minimum absolute atomic E-state index is 0.0370. The molecule has 4 heteroatoms. The zero-order valence-corrected chi connectivity index (χ0v) is 8.59. The molecule has 0 radical (unpaired) electrons. The van der Waals surface area contributed by atoms with E-state index in [1.807, 2.05) is 0 Å². The van der Waals surface area contributed by atoms with Gasteiger partial charge in [-0.25, -0.2) is 8.78 Å². The van der Waals surface area contributed by atoms with Crippen LogP contribution in [0.25, 0.3) is 0 Å². The van der Waals surface area contributed by atoms with Gasteiger partial charge in [-0.3, -0.25) is 4.79 Å². The molecule has 84 valence electrons. The van der Waals surface area contributed by atoms with E-state index in [1.165, 1.54) is 12.1 Å². The molecule has 1 unspecified atom stereocenters. The zero-order valence-electron chi connectivity index (χ0n) is 8.59. The second-order valence-corrected chi connectivity index (χ2v) is 4.70. The van der Waals surface area contributed by atoms with Gasteiger partial charge >= 0.3 is 0 Å². The van der Waals surface area contributed by atoms with Gasteiger partial charge in [-0.2, -0.15) is 0 Å². The van der Waals surface area contributed by atoms with Crippen molar-refractivity contribution in [1.82, 2.24) is 5.32 Å². The fraction of sp³-hybridized carbons (Fsp3) is 0.417. The maximum atomic E-state index is 13.1. The van der Waals surface area contributed by atoms with E-state index in [2.05, 4.69) is 5.32 Å². The van der Waals surface area contributed by atoms with E-state index in [9.17, 15) is 13.6 Å². The topological polar surface area (TPSA) is 29.1 Å². The Labute approximate surface area is 91.7 Å². The molecule has 16 heavy (non-hydrogen) atoms. The van der Waals surface area contributed by atoms with Crippen LogP contribution < -0.4 is 5.32 Å². The SMILES string of the molecule is O=C1CC2C[C@]2(c2cc(F)cc(F)c2)CN1. The lowest BCUT2D eigenvalue weighted by atomic mass is 9.89. The fourth-order valence-electron chi connectivity index (χ4n) is 2.71. The number of piperidine rings is 1. The molecule has 1 saturated carbocycles. The van der Waals surface area contributed by atoms with Crippen LogP contribution in [0.1, 0.15) is 18.4 Å². The molecule has 2 aliphatic rings. The summed E-state index contributed by atoms with van der Waals surface area (Å²) in [5.74, 6) is -0.809. The number of hydrogen-bond acceptors (Lipinski definition) is 1. The van der Waals surface area contributed by atoms with Crippen molar-refractivity contribution >= 4 is 5.91 Å². The van der Waals surface area contributed by atoms with Gasteiger partial charge in [0.25, 0.3) is 0 Å². The predicted octanol–water partition coefficient (Wildman–Crippen LogP) is 1.74. The number of rotatable bonds is 1. The van der Waals surface area contributed by atoms with Crippen LogP contribution in [0, 0.1) is 17.6 Å². The van der Waals surface area contributed by atoms with E-state index in [1.54, 1.807) is 0 Å². The van der Waals surface area contributed by atoms with Gasteiger partial charge < -0.3 is 5.32 Å². The summed E-state index contributed by atoms with van der Waals surface area (Å²) < 4.78 is 26.2. The first-order valence-corrected chi connectivity index (χ1v) is 5.33. The molecule has 0 aromatic heterocycles. The van der Waals surface area contributed by atoms with Crippen molar-refractivity contribution in [1.29, 1.82) is 0 Å². The van der Waals surface area contributed by atoms with Crippen molar-refractivity contribution in [3.63, 3.8) is 0 Å². The van der Waals surface area contributed by atoms with Crippen molar-refractivity contribution in [3.05, 3.63) is 35.4 Å². The van der Waals surface area contributed by atoms with Crippen LogP contribution in [-0.4, -0.2) is 12.5 Å². The molecule has 1 amide bonds. The first-order chi connectivity index (χ1) is 7.60. The second-order valence-electron chi connectivity index (χ2n) is 4.70. The maximum absolute atomic E-state index is 13.1. The average Bonchev–Trinajstić information content (AvgIpc) is 2.91. The van der Waals surface area contributed by atoms with Gasteiger partial charge in [0, 0.05) is 24.4 Å². The Kier molecular flexibility index (Phi) is 1.85. The number of amides is 1. The largest absolute Gasteiger partial charge is 0.355 e. The molecule has 1 saturated heterocycles. The van der Waals surface area contributed by atoms with Gasteiger partial charge in [-0.1, -0.05) is 0 Å². The smallest absolute Gasteiger partial charge is 0.220 e. The average molecular weight is 223 g/mol. The molecule has 2 atom stereocenters. The van der Waals surface area contributed by atoms with Crippen molar-refractivity contribution in [2.24, 2.45) is 5.92 Å². The highest BCUT2D eigenvalue weighted by Crippen LogP contribution is 2.57. The van der Waals surface area contributed by atoms with Crippen LogP contribution >= 0.6 is 0 Å². The number of carbonyl (C=O) groups excluding carboxylic acids is 1. The van der Waals surface area contributed by atoms with E-state index in [-0.39, 0.29) is 17.2 Å². The molecule has 1 aliphatic carbocycles. The third-order valence-electron chi connectivity index (χ3n) is 3.70. The van der Waals surface area contributed by atoms with Crippen LogP contribution in [0.15, 0.2) is 18.2 Å². The molecule has 0 spiro atoms. The first kappa shape index (κ1) is 9.75. The van der Waals surface area contributed by atoms with E-state index < -0.39 is 11.6 Å². The Morgan fingerprint density at radius 2 is 1.94 bits per heavy atom. The molecule has 0 bridgehead atoms. The normalized spacial score (nSPS) is 31.9. The van der Waals surface area contributed by atoms with Crippen LogP contribution in [0.3, 0.4) is 0 Å². The lowest BCUT2D eigenvalue weighted by Crippen LogP contribution is -2.38. The number of hydrogen-bond donors (Lipinski definition) is 1. The molecule has 1 N–H and O–H groups in total. The summed E-state index contributed by atoms with van der Waals surface area (Å²) in [6.07, 6.45) is 1.31. The Hall–Kier alpha value is -1.45. The molecule has 3 rings (SSSR count). The molecule has 1 aromatic rings. The molecule has 1 heterocycles. The minimum Gasteiger partial charge on any atom is -0.355 e. The third-order valence-corrected chi connectivity index (χ3v) is 3.70. The van der Waals surface area contributed by atoms with Crippen LogP contribution in [0.5, 0.6) is 0 Å². The Bertz CT molecular complexity index is 454. The van der Waals surface area contributed by atoms with Gasteiger partial charge in [0.15, 0.2) is 0 Å². The summed E-state index contributed by atoms with van der Waals surface area (Å²) in [6, 6.07) is 3.63. The monoisotopic (exact) mass is 223 g/mol. The van der Waals surface area contributed by atoms with Crippen LogP contribution in [0.4, 0.5) is 8.78 Å². The lowest BCUT2D eigenvalue weighted by Gasteiger charge is -2.23. The summed E-state index contributed by atoms with van der Waals surface area (Å²) in [4.78, 5) is 11.1. The van der Waals surface area contributed by atoms with Crippen molar-refractivity contribution < 1.29 is 13.6 Å². The first-order valence-electron chi connectivity index (χ1n) is 5.33. The van der Waals surface area contributed by atoms with E-state index >= 15 is 0 Å². The Balaban J connectivity index is 1.96. The summed E-state index contributed by atoms with van der Waals surface area (Å²) in [5.41, 5.74) is 0.464. The number of nitrogens with one attached hydrogen (secondary N) is 1. The molecule has 2 fully saturated rings.